The van der Waals surface area contributed by atoms with E-state index in [-0.39, 0.29) is 28.3 Å². The number of hydrogen-bond acceptors (Lipinski definition) is 3. The van der Waals surface area contributed by atoms with Gasteiger partial charge in [0, 0.05) is 11.6 Å². The molecular weight excluding hydrogens is 238 g/mol. The Labute approximate surface area is 107 Å². The molecule has 5 heteroatoms. The number of pyridine rings is 1. The first kappa shape index (κ1) is 13.8. The summed E-state index contributed by atoms with van der Waals surface area (Å²) < 4.78 is 0. The van der Waals surface area contributed by atoms with Crippen LogP contribution in [-0.4, -0.2) is 16.9 Å². The van der Waals surface area contributed by atoms with Gasteiger partial charge < -0.3 is 11.1 Å². The molecule has 0 fully saturated rings. The quantitative estimate of drug-likeness (QED) is 0.798. The molecule has 1 unspecified atom stereocenters. The van der Waals surface area contributed by atoms with Gasteiger partial charge in [-0.1, -0.05) is 32.4 Å². The molecule has 0 aliphatic rings. The number of hydrogen-bond donors (Lipinski definition) is 2. The summed E-state index contributed by atoms with van der Waals surface area (Å²) in [7, 11) is 0. The molecule has 0 aliphatic carbocycles. The number of rotatable bonds is 2. The summed E-state index contributed by atoms with van der Waals surface area (Å²) in [5.74, 6) is 0.0505. The monoisotopic (exact) mass is 255 g/mol. The largest absolute Gasteiger partial charge is 0.384 e. The molecule has 0 spiro atoms. The predicted molar refractivity (Wildman–Crippen MR) is 70.0 cm³/mol. The van der Waals surface area contributed by atoms with Crippen molar-refractivity contribution in [1.29, 1.82) is 0 Å². The second kappa shape index (κ2) is 4.92. The zero-order valence-electron chi connectivity index (χ0n) is 10.5. The number of nitrogens with two attached hydrogens (primary N) is 1. The zero-order chi connectivity index (χ0) is 13.2. The van der Waals surface area contributed by atoms with Crippen LogP contribution >= 0.6 is 11.6 Å². The first-order valence-corrected chi connectivity index (χ1v) is 5.82. The Hall–Kier alpha value is -1.29. The van der Waals surface area contributed by atoms with Crippen LogP contribution in [0.3, 0.4) is 0 Å². The maximum atomic E-state index is 12.0. The van der Waals surface area contributed by atoms with Gasteiger partial charge in [-0.3, -0.25) is 4.79 Å². The fourth-order valence-electron chi connectivity index (χ4n) is 1.14. The molecule has 0 saturated heterocycles. The minimum Gasteiger partial charge on any atom is -0.384 e. The number of carbonyl (C=O) groups excluding carboxylic acids is 1. The lowest BCUT2D eigenvalue weighted by Gasteiger charge is -2.28. The molecule has 1 amide bonds. The van der Waals surface area contributed by atoms with Gasteiger partial charge >= 0.3 is 0 Å². The van der Waals surface area contributed by atoms with Crippen LogP contribution < -0.4 is 11.1 Å². The minimum atomic E-state index is -0.191. The van der Waals surface area contributed by atoms with Gasteiger partial charge in [0.05, 0.1) is 0 Å². The molecule has 4 nitrogen and oxygen atoms in total. The molecule has 1 heterocycles. The highest BCUT2D eigenvalue weighted by molar-refractivity contribution is 6.29. The van der Waals surface area contributed by atoms with Crippen LogP contribution in [-0.2, 0) is 0 Å². The molecule has 1 rings (SSSR count). The summed E-state index contributed by atoms with van der Waals surface area (Å²) in [6.07, 6.45) is 0. The van der Waals surface area contributed by atoms with Crippen LogP contribution in [0.5, 0.6) is 0 Å². The average molecular weight is 256 g/mol. The average Bonchev–Trinajstić information content (AvgIpc) is 2.14. The molecule has 17 heavy (non-hydrogen) atoms. The SMILES string of the molecule is CC(NC(=O)c1cc(N)nc(Cl)c1)C(C)(C)C. The van der Waals surface area contributed by atoms with Gasteiger partial charge in [0.25, 0.3) is 5.91 Å². The lowest BCUT2D eigenvalue weighted by atomic mass is 9.88. The molecule has 0 aliphatic heterocycles. The number of nitrogens with one attached hydrogen (secondary N) is 1. The molecule has 94 valence electrons. The summed E-state index contributed by atoms with van der Waals surface area (Å²) in [6, 6.07) is 3.06. The van der Waals surface area contributed by atoms with E-state index in [4.69, 9.17) is 17.3 Å². The topological polar surface area (TPSA) is 68.0 Å². The Morgan fingerprint density at radius 1 is 1.47 bits per heavy atom. The Morgan fingerprint density at radius 2 is 2.06 bits per heavy atom. The summed E-state index contributed by atoms with van der Waals surface area (Å²) in [6.45, 7) is 8.15. The smallest absolute Gasteiger partial charge is 0.251 e. The number of nitrogens with zero attached hydrogens (tertiary/aromatic N) is 1. The normalized spacial score (nSPS) is 13.2. The molecule has 1 atom stereocenters. The highest BCUT2D eigenvalue weighted by Gasteiger charge is 2.22. The number of nitrogen functional groups attached to an aromatic ring is 1. The number of carbonyl (C=O) groups is 1. The van der Waals surface area contributed by atoms with Crippen molar-refractivity contribution < 1.29 is 4.79 Å². The van der Waals surface area contributed by atoms with Crippen LogP contribution in [0.15, 0.2) is 12.1 Å². The van der Waals surface area contributed by atoms with E-state index < -0.39 is 0 Å². The van der Waals surface area contributed by atoms with Crippen molar-refractivity contribution in [2.45, 2.75) is 33.7 Å². The summed E-state index contributed by atoms with van der Waals surface area (Å²) in [4.78, 5) is 15.8. The predicted octanol–water partition coefficient (Wildman–Crippen LogP) is 2.48. The van der Waals surface area contributed by atoms with Crippen molar-refractivity contribution >= 4 is 23.3 Å². The van der Waals surface area contributed by atoms with Gasteiger partial charge in [-0.15, -0.1) is 0 Å². The summed E-state index contributed by atoms with van der Waals surface area (Å²) >= 11 is 5.75. The fraction of sp³-hybridized carbons (Fsp3) is 0.500. The minimum absolute atomic E-state index is 0.00195. The first-order valence-electron chi connectivity index (χ1n) is 5.44. The van der Waals surface area contributed by atoms with Crippen molar-refractivity contribution in [2.75, 3.05) is 5.73 Å². The Bertz CT molecular complexity index is 406. The molecule has 0 radical (unpaired) electrons. The van der Waals surface area contributed by atoms with Crippen LogP contribution in [0.2, 0.25) is 5.15 Å². The Balaban J connectivity index is 2.84. The van der Waals surface area contributed by atoms with Gasteiger partial charge in [0.1, 0.15) is 11.0 Å². The number of anilines is 1. The maximum Gasteiger partial charge on any atom is 0.251 e. The van der Waals surface area contributed by atoms with E-state index in [2.05, 4.69) is 31.1 Å². The van der Waals surface area contributed by atoms with Crippen molar-refractivity contribution in [2.24, 2.45) is 5.41 Å². The molecule has 0 bridgehead atoms. The van der Waals surface area contributed by atoms with Crippen molar-refractivity contribution in [3.63, 3.8) is 0 Å². The van der Waals surface area contributed by atoms with E-state index in [0.29, 0.717) is 5.56 Å². The third-order valence-corrected chi connectivity index (χ3v) is 2.92. The maximum absolute atomic E-state index is 12.0. The number of halogens is 1. The first-order chi connectivity index (χ1) is 7.70. The number of amides is 1. The van der Waals surface area contributed by atoms with Crippen LogP contribution in [0.1, 0.15) is 38.1 Å². The standard InChI is InChI=1S/C12H18ClN3O/c1-7(12(2,3)4)15-11(17)8-5-9(13)16-10(14)6-8/h5-7H,1-4H3,(H2,14,16)(H,15,17). The van der Waals surface area contributed by atoms with Crippen molar-refractivity contribution in [3.05, 3.63) is 22.8 Å². The lowest BCUT2D eigenvalue weighted by molar-refractivity contribution is 0.0910. The van der Waals surface area contributed by atoms with E-state index in [1.807, 2.05) is 6.92 Å². The Kier molecular flexibility index (Phi) is 3.98. The van der Waals surface area contributed by atoms with E-state index in [1.165, 1.54) is 12.1 Å². The molecule has 1 aromatic heterocycles. The number of aromatic nitrogens is 1. The van der Waals surface area contributed by atoms with E-state index in [0.717, 1.165) is 0 Å². The highest BCUT2D eigenvalue weighted by atomic mass is 35.5. The van der Waals surface area contributed by atoms with Gasteiger partial charge in [-0.05, 0) is 24.5 Å². The van der Waals surface area contributed by atoms with Crippen LogP contribution in [0, 0.1) is 5.41 Å². The van der Waals surface area contributed by atoms with E-state index >= 15 is 0 Å². The van der Waals surface area contributed by atoms with E-state index in [1.54, 1.807) is 0 Å². The van der Waals surface area contributed by atoms with Crippen molar-refractivity contribution in [1.82, 2.24) is 10.3 Å². The molecule has 1 aromatic rings. The van der Waals surface area contributed by atoms with Gasteiger partial charge in [-0.2, -0.15) is 0 Å². The second-order valence-electron chi connectivity index (χ2n) is 5.16. The van der Waals surface area contributed by atoms with Crippen molar-refractivity contribution in [3.8, 4) is 0 Å². The Morgan fingerprint density at radius 3 is 2.53 bits per heavy atom. The third kappa shape index (κ3) is 3.89. The van der Waals surface area contributed by atoms with Crippen LogP contribution in [0.4, 0.5) is 5.82 Å². The van der Waals surface area contributed by atoms with Gasteiger partial charge in [0.2, 0.25) is 0 Å². The molecule has 3 N–H and O–H groups in total. The highest BCUT2D eigenvalue weighted by Crippen LogP contribution is 2.19. The molecule has 0 saturated carbocycles. The summed E-state index contributed by atoms with van der Waals surface area (Å²) in [5.41, 5.74) is 5.97. The van der Waals surface area contributed by atoms with Gasteiger partial charge in [0.15, 0.2) is 0 Å². The lowest BCUT2D eigenvalue weighted by Crippen LogP contribution is -2.41. The third-order valence-electron chi connectivity index (χ3n) is 2.72. The fourth-order valence-corrected chi connectivity index (χ4v) is 1.36. The van der Waals surface area contributed by atoms with E-state index in [9.17, 15) is 4.79 Å². The zero-order valence-corrected chi connectivity index (χ0v) is 11.3. The molecular formula is C12H18ClN3O. The second-order valence-corrected chi connectivity index (χ2v) is 5.55. The van der Waals surface area contributed by atoms with Crippen LogP contribution in [0.25, 0.3) is 0 Å². The molecule has 0 aromatic carbocycles. The van der Waals surface area contributed by atoms with Gasteiger partial charge in [-0.25, -0.2) is 4.98 Å². The summed E-state index contributed by atoms with van der Waals surface area (Å²) in [5, 5.41) is 3.13.